The van der Waals surface area contributed by atoms with E-state index in [1.807, 2.05) is 6.07 Å². The van der Waals surface area contributed by atoms with Gasteiger partial charge in [-0.15, -0.1) is 0 Å². The molecule has 0 heterocycles. The molecule has 13 heavy (non-hydrogen) atoms. The molecule has 5 heteroatoms. The molecule has 74 valence electrons. The van der Waals surface area contributed by atoms with Gasteiger partial charge in [0.2, 0.25) is 0 Å². The first kappa shape index (κ1) is 10.5. The Balaban J connectivity index is 2.78. The predicted molar refractivity (Wildman–Crippen MR) is 49.6 cm³/mol. The third kappa shape index (κ3) is 2.01. The lowest BCUT2D eigenvalue weighted by atomic mass is 10.0. The van der Waals surface area contributed by atoms with Crippen molar-refractivity contribution in [2.24, 2.45) is 5.73 Å². The maximum atomic E-state index is 11.4. The number of sulfone groups is 1. The molecule has 1 rings (SSSR count). The molecule has 0 saturated heterocycles. The zero-order valence-electron chi connectivity index (χ0n) is 7.66. The van der Waals surface area contributed by atoms with Crippen LogP contribution in [0.3, 0.4) is 0 Å². The van der Waals surface area contributed by atoms with Crippen molar-refractivity contribution in [3.8, 4) is 6.07 Å². The summed E-state index contributed by atoms with van der Waals surface area (Å²) in [6.07, 6.45) is 1.31. The minimum atomic E-state index is -3.01. The first-order valence-electron chi connectivity index (χ1n) is 4.35. The monoisotopic (exact) mass is 202 g/mol. The van der Waals surface area contributed by atoms with Gasteiger partial charge in [0, 0.05) is 5.75 Å². The molecule has 0 amide bonds. The van der Waals surface area contributed by atoms with Crippen LogP contribution in [0.1, 0.15) is 26.2 Å². The summed E-state index contributed by atoms with van der Waals surface area (Å²) in [7, 11) is -3.01. The van der Waals surface area contributed by atoms with E-state index in [9.17, 15) is 8.42 Å². The lowest BCUT2D eigenvalue weighted by Gasteiger charge is -2.13. The Morgan fingerprint density at radius 2 is 2.31 bits per heavy atom. The maximum absolute atomic E-state index is 11.4. The fraction of sp³-hybridized carbons (Fsp3) is 0.875. The first-order valence-corrected chi connectivity index (χ1v) is 6.07. The van der Waals surface area contributed by atoms with Crippen molar-refractivity contribution in [1.82, 2.24) is 0 Å². The largest absolute Gasteiger partial charge is 0.313 e. The fourth-order valence-corrected chi connectivity index (χ4v) is 3.17. The molecule has 0 radical (unpaired) electrons. The van der Waals surface area contributed by atoms with Gasteiger partial charge in [0.25, 0.3) is 0 Å². The lowest BCUT2D eigenvalue weighted by Crippen LogP contribution is -2.36. The smallest absolute Gasteiger partial charge is 0.153 e. The van der Waals surface area contributed by atoms with Crippen LogP contribution in [-0.2, 0) is 9.84 Å². The Labute approximate surface area is 78.6 Å². The average molecular weight is 202 g/mol. The van der Waals surface area contributed by atoms with Crippen molar-refractivity contribution in [3.63, 3.8) is 0 Å². The van der Waals surface area contributed by atoms with Gasteiger partial charge in [-0.2, -0.15) is 5.26 Å². The summed E-state index contributed by atoms with van der Waals surface area (Å²) in [6.45, 7) is 1.62. The second kappa shape index (κ2) is 3.28. The molecule has 0 aliphatic heterocycles. The van der Waals surface area contributed by atoms with Gasteiger partial charge in [0.1, 0.15) is 5.54 Å². The van der Waals surface area contributed by atoms with Crippen molar-refractivity contribution >= 4 is 9.84 Å². The second-order valence-electron chi connectivity index (χ2n) is 3.58. The molecule has 1 aliphatic carbocycles. The second-order valence-corrected chi connectivity index (χ2v) is 6.15. The van der Waals surface area contributed by atoms with Gasteiger partial charge in [-0.25, -0.2) is 8.42 Å². The number of rotatable bonds is 2. The van der Waals surface area contributed by atoms with Crippen LogP contribution in [0.25, 0.3) is 0 Å². The third-order valence-corrected chi connectivity index (χ3v) is 4.86. The summed E-state index contributed by atoms with van der Waals surface area (Å²) >= 11 is 0. The van der Waals surface area contributed by atoms with Crippen LogP contribution in [-0.4, -0.2) is 25.0 Å². The van der Waals surface area contributed by atoms with Gasteiger partial charge in [-0.05, 0) is 19.3 Å². The van der Waals surface area contributed by atoms with E-state index in [-0.39, 0.29) is 5.75 Å². The highest BCUT2D eigenvalue weighted by Gasteiger charge is 2.41. The van der Waals surface area contributed by atoms with Crippen LogP contribution in [0.5, 0.6) is 0 Å². The van der Waals surface area contributed by atoms with Gasteiger partial charge in [-0.1, -0.05) is 6.92 Å². The van der Waals surface area contributed by atoms with E-state index < -0.39 is 20.6 Å². The zero-order chi connectivity index (χ0) is 10.1. The van der Waals surface area contributed by atoms with Crippen molar-refractivity contribution < 1.29 is 8.42 Å². The molecule has 1 aliphatic rings. The number of hydrogen-bond donors (Lipinski definition) is 1. The molecule has 0 spiro atoms. The van der Waals surface area contributed by atoms with Crippen molar-refractivity contribution in [2.75, 3.05) is 5.75 Å². The Bertz CT molecular complexity index is 331. The van der Waals surface area contributed by atoms with Crippen LogP contribution < -0.4 is 5.73 Å². The quantitative estimate of drug-likeness (QED) is 0.693. The van der Waals surface area contributed by atoms with Gasteiger partial charge in [0.05, 0.1) is 11.3 Å². The topological polar surface area (TPSA) is 83.9 Å². The number of nitrogens with zero attached hydrogens (tertiary/aromatic N) is 1. The summed E-state index contributed by atoms with van der Waals surface area (Å²) in [5.74, 6) is 0.138. The SMILES string of the molecule is CCS(=O)(=O)[C@H]1CC[C@@](N)(C#N)C1. The van der Waals surface area contributed by atoms with Crippen LogP contribution in [0, 0.1) is 11.3 Å². The highest BCUT2D eigenvalue weighted by molar-refractivity contribution is 7.92. The average Bonchev–Trinajstić information content (AvgIpc) is 2.50. The number of nitriles is 1. The van der Waals surface area contributed by atoms with Crippen LogP contribution in [0.2, 0.25) is 0 Å². The summed E-state index contributed by atoms with van der Waals surface area (Å²) < 4.78 is 22.9. The molecule has 4 nitrogen and oxygen atoms in total. The van der Waals surface area contributed by atoms with E-state index in [1.54, 1.807) is 6.92 Å². The summed E-state index contributed by atoms with van der Waals surface area (Å²) in [5, 5.41) is 8.31. The Morgan fingerprint density at radius 3 is 2.69 bits per heavy atom. The van der Waals surface area contributed by atoms with E-state index in [1.165, 1.54) is 0 Å². The van der Waals surface area contributed by atoms with E-state index >= 15 is 0 Å². The summed E-state index contributed by atoms with van der Waals surface area (Å²) in [5.41, 5.74) is 4.76. The van der Waals surface area contributed by atoms with Gasteiger partial charge < -0.3 is 5.73 Å². The normalized spacial score (nSPS) is 34.4. The molecule has 2 N–H and O–H groups in total. The molecule has 1 fully saturated rings. The van der Waals surface area contributed by atoms with Crippen LogP contribution in [0.4, 0.5) is 0 Å². The molecule has 0 aromatic carbocycles. The Kier molecular flexibility index (Phi) is 2.64. The highest BCUT2D eigenvalue weighted by Crippen LogP contribution is 2.31. The van der Waals surface area contributed by atoms with Gasteiger partial charge >= 0.3 is 0 Å². The minimum Gasteiger partial charge on any atom is -0.313 e. The van der Waals surface area contributed by atoms with E-state index in [0.717, 1.165) is 0 Å². The molecule has 0 unspecified atom stereocenters. The number of hydrogen-bond acceptors (Lipinski definition) is 4. The minimum absolute atomic E-state index is 0.138. The molecular formula is C8H14N2O2S. The maximum Gasteiger partial charge on any atom is 0.153 e. The predicted octanol–water partition coefficient (Wildman–Crippen LogP) is 0.195. The Hall–Kier alpha value is -0.600. The molecule has 2 atom stereocenters. The van der Waals surface area contributed by atoms with Gasteiger partial charge in [-0.3, -0.25) is 0 Å². The fourth-order valence-electron chi connectivity index (χ4n) is 1.67. The number of nitrogens with two attached hydrogens (primary N) is 1. The molecule has 0 aromatic heterocycles. The molecule has 0 bridgehead atoms. The standard InChI is InChI=1S/C8H14N2O2S/c1-2-13(11,12)7-3-4-8(10,5-7)6-9/h7H,2-5,10H2,1H3/t7-,8-/m0/s1. The van der Waals surface area contributed by atoms with Gasteiger partial charge in [0.15, 0.2) is 9.84 Å². The lowest BCUT2D eigenvalue weighted by molar-refractivity contribution is 0.553. The molecular weight excluding hydrogens is 188 g/mol. The Morgan fingerprint density at radius 1 is 1.69 bits per heavy atom. The van der Waals surface area contributed by atoms with Crippen LogP contribution >= 0.6 is 0 Å². The van der Waals surface area contributed by atoms with E-state index in [4.69, 9.17) is 11.0 Å². The highest BCUT2D eigenvalue weighted by atomic mass is 32.2. The van der Waals surface area contributed by atoms with Crippen molar-refractivity contribution in [3.05, 3.63) is 0 Å². The molecule has 1 saturated carbocycles. The van der Waals surface area contributed by atoms with Crippen molar-refractivity contribution in [1.29, 1.82) is 5.26 Å². The summed E-state index contributed by atoms with van der Waals surface area (Å²) in [6, 6.07) is 1.98. The van der Waals surface area contributed by atoms with E-state index in [2.05, 4.69) is 0 Å². The van der Waals surface area contributed by atoms with E-state index in [0.29, 0.717) is 19.3 Å². The zero-order valence-corrected chi connectivity index (χ0v) is 8.47. The first-order chi connectivity index (χ1) is 5.93. The summed E-state index contributed by atoms with van der Waals surface area (Å²) in [4.78, 5) is 0. The van der Waals surface area contributed by atoms with Crippen LogP contribution in [0.15, 0.2) is 0 Å². The third-order valence-electron chi connectivity index (χ3n) is 2.64. The van der Waals surface area contributed by atoms with Crippen molar-refractivity contribution in [2.45, 2.75) is 37.0 Å². The molecule has 0 aromatic rings.